The molecular weight excluding hydrogens is 471 g/mol. The number of hydrogen-bond acceptors (Lipinski definition) is 3. The number of carbonyl (C=O) groups is 2. The van der Waals surface area contributed by atoms with Crippen molar-refractivity contribution in [2.24, 2.45) is 11.8 Å². The van der Waals surface area contributed by atoms with Gasteiger partial charge in [-0.3, -0.25) is 9.59 Å². The number of nitrogens with zero attached hydrogens (tertiary/aromatic N) is 3. The lowest BCUT2D eigenvalue weighted by atomic mass is 9.80. The summed E-state index contributed by atoms with van der Waals surface area (Å²) < 4.78 is 41.0. The number of carbonyl (C=O) groups excluding carboxylic acids is 1. The number of aromatic nitrogens is 2. The first-order valence-electron chi connectivity index (χ1n) is 12.3. The van der Waals surface area contributed by atoms with E-state index in [1.54, 1.807) is 6.20 Å². The molecule has 3 aromatic rings. The molecule has 1 fully saturated rings. The molecule has 36 heavy (non-hydrogen) atoms. The smallest absolute Gasteiger partial charge is 0.416 e. The van der Waals surface area contributed by atoms with Crippen molar-refractivity contribution in [1.29, 1.82) is 0 Å². The Morgan fingerprint density at radius 1 is 1.06 bits per heavy atom. The molecule has 9 heteroatoms. The highest BCUT2D eigenvalue weighted by Crippen LogP contribution is 2.34. The van der Waals surface area contributed by atoms with Crippen LogP contribution in [0.1, 0.15) is 54.5 Å². The molecule has 1 aliphatic heterocycles. The Labute approximate surface area is 206 Å². The van der Waals surface area contributed by atoms with Gasteiger partial charge in [0.2, 0.25) is 5.91 Å². The van der Waals surface area contributed by atoms with Crippen LogP contribution in [0.5, 0.6) is 0 Å². The first-order valence-corrected chi connectivity index (χ1v) is 12.3. The van der Waals surface area contributed by atoms with E-state index in [1.165, 1.54) is 12.1 Å². The fourth-order valence-electron chi connectivity index (χ4n) is 5.61. The monoisotopic (exact) mass is 499 g/mol. The molecule has 0 bridgehead atoms. The predicted molar refractivity (Wildman–Crippen MR) is 127 cm³/mol. The summed E-state index contributed by atoms with van der Waals surface area (Å²) >= 11 is 0. The summed E-state index contributed by atoms with van der Waals surface area (Å²) in [6.45, 7) is 1.39. The van der Waals surface area contributed by atoms with E-state index in [0.29, 0.717) is 45.3 Å². The summed E-state index contributed by atoms with van der Waals surface area (Å²) in [6, 6.07) is 9.04. The van der Waals surface area contributed by atoms with Crippen LogP contribution in [-0.2, 0) is 35.3 Å². The Kier molecular flexibility index (Phi) is 6.49. The number of carboxylic acids is 1. The van der Waals surface area contributed by atoms with Gasteiger partial charge in [0.1, 0.15) is 5.65 Å². The highest BCUT2D eigenvalue weighted by atomic mass is 19.4. The van der Waals surface area contributed by atoms with E-state index in [9.17, 15) is 27.9 Å². The number of amides is 1. The van der Waals surface area contributed by atoms with E-state index in [1.807, 2.05) is 21.6 Å². The standard InChI is InChI=1S/C27H28F3N3O3/c28-27(29,30)20-9-5-18(6-10-20)15-33-23-16-32(13-11-21(23)22-2-1-12-31-25(22)33)24(34)14-17-3-7-19(8-4-17)26(35)36/h1-2,5-6,9-10,12,17,19H,3-4,7-8,11,13-16H2,(H,35,36). The summed E-state index contributed by atoms with van der Waals surface area (Å²) in [6.07, 6.45) is 1.16. The first kappa shape index (κ1) is 24.3. The van der Waals surface area contributed by atoms with Gasteiger partial charge in [-0.2, -0.15) is 13.2 Å². The van der Waals surface area contributed by atoms with Gasteiger partial charge in [-0.15, -0.1) is 0 Å². The molecule has 1 saturated carbocycles. The van der Waals surface area contributed by atoms with Crippen molar-refractivity contribution < 1.29 is 27.9 Å². The van der Waals surface area contributed by atoms with Crippen LogP contribution in [0.2, 0.25) is 0 Å². The first-order chi connectivity index (χ1) is 17.2. The van der Waals surface area contributed by atoms with Crippen LogP contribution in [0, 0.1) is 11.8 Å². The van der Waals surface area contributed by atoms with E-state index >= 15 is 0 Å². The molecule has 1 aliphatic carbocycles. The molecule has 5 rings (SSSR count). The minimum atomic E-state index is -4.38. The Morgan fingerprint density at radius 2 is 1.78 bits per heavy atom. The lowest BCUT2D eigenvalue weighted by Gasteiger charge is -2.31. The van der Waals surface area contributed by atoms with E-state index < -0.39 is 17.7 Å². The van der Waals surface area contributed by atoms with Crippen LogP contribution < -0.4 is 0 Å². The van der Waals surface area contributed by atoms with E-state index in [-0.39, 0.29) is 17.7 Å². The molecule has 2 aliphatic rings. The Hall–Kier alpha value is -3.36. The van der Waals surface area contributed by atoms with Crippen LogP contribution in [0.3, 0.4) is 0 Å². The molecule has 3 heterocycles. The van der Waals surface area contributed by atoms with Gasteiger partial charge in [-0.05, 0) is 73.4 Å². The Bertz CT molecular complexity index is 1280. The minimum Gasteiger partial charge on any atom is -0.481 e. The topological polar surface area (TPSA) is 75.4 Å². The van der Waals surface area contributed by atoms with Crippen LogP contribution in [-0.4, -0.2) is 38.0 Å². The predicted octanol–water partition coefficient (Wildman–Crippen LogP) is 5.27. The maximum Gasteiger partial charge on any atom is 0.416 e. The van der Waals surface area contributed by atoms with Gasteiger partial charge < -0.3 is 14.6 Å². The molecule has 1 N–H and O–H groups in total. The quantitative estimate of drug-likeness (QED) is 0.519. The van der Waals surface area contributed by atoms with Gasteiger partial charge >= 0.3 is 12.1 Å². The van der Waals surface area contributed by atoms with Crippen LogP contribution >= 0.6 is 0 Å². The second-order valence-electron chi connectivity index (χ2n) is 9.91. The lowest BCUT2D eigenvalue weighted by Crippen LogP contribution is -2.38. The third-order valence-corrected chi connectivity index (χ3v) is 7.65. The van der Waals surface area contributed by atoms with Crippen molar-refractivity contribution in [3.8, 4) is 0 Å². The van der Waals surface area contributed by atoms with E-state index in [2.05, 4.69) is 4.98 Å². The Morgan fingerprint density at radius 3 is 2.44 bits per heavy atom. The van der Waals surface area contributed by atoms with Gasteiger partial charge in [-0.25, -0.2) is 4.98 Å². The number of rotatable bonds is 5. The molecule has 190 valence electrons. The van der Waals surface area contributed by atoms with Crippen LogP contribution in [0.4, 0.5) is 13.2 Å². The highest BCUT2D eigenvalue weighted by molar-refractivity contribution is 5.84. The summed E-state index contributed by atoms with van der Waals surface area (Å²) in [5, 5.41) is 10.2. The van der Waals surface area contributed by atoms with Crippen LogP contribution in [0.15, 0.2) is 42.6 Å². The lowest BCUT2D eigenvalue weighted by molar-refractivity contribution is -0.143. The van der Waals surface area contributed by atoms with E-state index in [0.717, 1.165) is 52.8 Å². The van der Waals surface area contributed by atoms with Crippen molar-refractivity contribution in [2.75, 3.05) is 6.54 Å². The summed E-state index contributed by atoms with van der Waals surface area (Å²) in [5.41, 5.74) is 2.92. The van der Waals surface area contributed by atoms with Crippen molar-refractivity contribution in [3.63, 3.8) is 0 Å². The number of pyridine rings is 1. The van der Waals surface area contributed by atoms with Gasteiger partial charge in [0.15, 0.2) is 0 Å². The zero-order valence-corrected chi connectivity index (χ0v) is 19.8. The van der Waals surface area contributed by atoms with Crippen molar-refractivity contribution >= 4 is 22.9 Å². The highest BCUT2D eigenvalue weighted by Gasteiger charge is 2.32. The van der Waals surface area contributed by atoms with Crippen molar-refractivity contribution in [3.05, 3.63) is 65.0 Å². The number of hydrogen-bond donors (Lipinski definition) is 1. The summed E-state index contributed by atoms with van der Waals surface area (Å²) in [7, 11) is 0. The number of benzene rings is 1. The zero-order valence-electron chi connectivity index (χ0n) is 19.8. The number of fused-ring (bicyclic) bond motifs is 3. The molecule has 1 amide bonds. The average molecular weight is 500 g/mol. The molecular formula is C27H28F3N3O3. The fourth-order valence-corrected chi connectivity index (χ4v) is 5.61. The molecule has 0 atom stereocenters. The minimum absolute atomic E-state index is 0.0683. The zero-order chi connectivity index (χ0) is 25.4. The van der Waals surface area contributed by atoms with Crippen LogP contribution in [0.25, 0.3) is 11.0 Å². The van der Waals surface area contributed by atoms with Gasteiger partial charge in [0, 0.05) is 36.8 Å². The molecule has 2 aromatic heterocycles. The molecule has 0 saturated heterocycles. The number of carboxylic acid groups (broad SMARTS) is 1. The Balaban J connectivity index is 1.35. The third kappa shape index (κ3) is 4.83. The number of aliphatic carboxylic acids is 1. The molecule has 0 spiro atoms. The normalized spacial score (nSPS) is 20.4. The maximum absolute atomic E-state index is 13.2. The fraction of sp³-hybridized carbons (Fsp3) is 0.444. The molecule has 0 unspecified atom stereocenters. The summed E-state index contributed by atoms with van der Waals surface area (Å²) in [5.74, 6) is -0.784. The summed E-state index contributed by atoms with van der Waals surface area (Å²) in [4.78, 5) is 30.8. The van der Waals surface area contributed by atoms with Gasteiger partial charge in [0.05, 0.1) is 18.0 Å². The largest absolute Gasteiger partial charge is 0.481 e. The molecule has 0 radical (unpaired) electrons. The van der Waals surface area contributed by atoms with Crippen molar-refractivity contribution in [1.82, 2.24) is 14.5 Å². The SMILES string of the molecule is O=C(O)C1CCC(CC(=O)N2CCc3c(n(Cc4ccc(C(F)(F)F)cc4)c4ncccc34)C2)CC1. The third-order valence-electron chi connectivity index (χ3n) is 7.65. The number of alkyl halides is 3. The van der Waals surface area contributed by atoms with Crippen molar-refractivity contribution in [2.45, 2.75) is 57.8 Å². The maximum atomic E-state index is 13.2. The van der Waals surface area contributed by atoms with E-state index in [4.69, 9.17) is 0 Å². The van der Waals surface area contributed by atoms with Gasteiger partial charge in [0.25, 0.3) is 0 Å². The molecule has 6 nitrogen and oxygen atoms in total. The van der Waals surface area contributed by atoms with Gasteiger partial charge in [-0.1, -0.05) is 12.1 Å². The molecule has 1 aromatic carbocycles. The average Bonchev–Trinajstić information content (AvgIpc) is 3.17. The number of halogens is 3. The second kappa shape index (κ2) is 9.59. The second-order valence-corrected chi connectivity index (χ2v) is 9.91.